The van der Waals surface area contributed by atoms with E-state index in [4.69, 9.17) is 14.2 Å². The third-order valence-corrected chi connectivity index (χ3v) is 4.15. The van der Waals surface area contributed by atoms with Crippen molar-refractivity contribution in [2.75, 3.05) is 33.5 Å². The Bertz CT molecular complexity index is 304. The molecule has 5 nitrogen and oxygen atoms in total. The van der Waals surface area contributed by atoms with Crippen LogP contribution in [0.25, 0.3) is 0 Å². The van der Waals surface area contributed by atoms with Crippen molar-refractivity contribution < 1.29 is 19.0 Å². The van der Waals surface area contributed by atoms with Crippen LogP contribution in [0.4, 0.5) is 0 Å². The van der Waals surface area contributed by atoms with E-state index in [9.17, 15) is 4.79 Å². The zero-order valence-corrected chi connectivity index (χ0v) is 11.9. The van der Waals surface area contributed by atoms with Gasteiger partial charge in [0.1, 0.15) is 5.54 Å². The van der Waals surface area contributed by atoms with Gasteiger partial charge in [-0.2, -0.15) is 0 Å². The van der Waals surface area contributed by atoms with Gasteiger partial charge in [0.2, 0.25) is 0 Å². The maximum absolute atomic E-state index is 12.0. The van der Waals surface area contributed by atoms with Gasteiger partial charge in [-0.05, 0) is 25.8 Å². The molecule has 19 heavy (non-hydrogen) atoms. The Morgan fingerprint density at radius 3 is 2.95 bits per heavy atom. The first-order valence-electron chi connectivity index (χ1n) is 7.23. The highest BCUT2D eigenvalue weighted by Crippen LogP contribution is 2.33. The first kappa shape index (κ1) is 14.8. The average molecular weight is 271 g/mol. The molecule has 1 heterocycles. The summed E-state index contributed by atoms with van der Waals surface area (Å²) in [4.78, 5) is 12.0. The van der Waals surface area contributed by atoms with E-state index in [-0.39, 0.29) is 12.1 Å². The molecule has 0 spiro atoms. The van der Waals surface area contributed by atoms with Crippen LogP contribution in [0.15, 0.2) is 0 Å². The molecular weight excluding hydrogens is 246 g/mol. The Morgan fingerprint density at radius 1 is 1.47 bits per heavy atom. The number of methoxy groups -OCH3 is 1. The molecule has 0 aromatic heterocycles. The van der Waals surface area contributed by atoms with Gasteiger partial charge < -0.3 is 19.5 Å². The van der Waals surface area contributed by atoms with Crippen molar-refractivity contribution in [3.05, 3.63) is 0 Å². The number of ether oxygens (including phenoxy) is 3. The molecule has 0 aromatic carbocycles. The lowest BCUT2D eigenvalue weighted by molar-refractivity contribution is -0.148. The monoisotopic (exact) mass is 271 g/mol. The highest BCUT2D eigenvalue weighted by molar-refractivity contribution is 5.81. The largest absolute Gasteiger partial charge is 0.468 e. The molecule has 1 saturated carbocycles. The van der Waals surface area contributed by atoms with Crippen LogP contribution in [0.1, 0.15) is 32.6 Å². The molecule has 2 fully saturated rings. The van der Waals surface area contributed by atoms with Crippen LogP contribution in [0.2, 0.25) is 0 Å². The lowest BCUT2D eigenvalue weighted by Gasteiger charge is -2.27. The summed E-state index contributed by atoms with van der Waals surface area (Å²) in [5, 5.41) is 3.29. The quantitative estimate of drug-likeness (QED) is 0.734. The minimum Gasteiger partial charge on any atom is -0.468 e. The number of likely N-dealkylation sites (N-methyl/N-ethyl adjacent to an activating group) is 1. The van der Waals surface area contributed by atoms with Gasteiger partial charge in [0.15, 0.2) is 0 Å². The Kier molecular flexibility index (Phi) is 5.19. The highest BCUT2D eigenvalue weighted by Gasteiger charge is 2.46. The molecule has 5 heteroatoms. The minimum atomic E-state index is -0.541. The fraction of sp³-hybridized carbons (Fsp3) is 0.929. The second-order valence-corrected chi connectivity index (χ2v) is 5.53. The van der Waals surface area contributed by atoms with Gasteiger partial charge in [0.25, 0.3) is 0 Å². The molecule has 1 aliphatic heterocycles. The second-order valence-electron chi connectivity index (χ2n) is 5.53. The van der Waals surface area contributed by atoms with E-state index in [1.165, 1.54) is 7.11 Å². The summed E-state index contributed by atoms with van der Waals surface area (Å²) in [5.41, 5.74) is -0.541. The highest BCUT2D eigenvalue weighted by atomic mass is 16.5. The summed E-state index contributed by atoms with van der Waals surface area (Å²) < 4.78 is 16.2. The van der Waals surface area contributed by atoms with Crippen LogP contribution in [0.5, 0.6) is 0 Å². The number of rotatable bonds is 6. The van der Waals surface area contributed by atoms with Crippen LogP contribution in [-0.2, 0) is 19.0 Å². The van der Waals surface area contributed by atoms with Gasteiger partial charge in [-0.25, -0.2) is 0 Å². The molecule has 2 rings (SSSR count). The van der Waals surface area contributed by atoms with Crippen molar-refractivity contribution >= 4 is 5.97 Å². The van der Waals surface area contributed by atoms with E-state index < -0.39 is 5.54 Å². The number of hydrogen-bond donors (Lipinski definition) is 1. The Morgan fingerprint density at radius 2 is 2.32 bits per heavy atom. The van der Waals surface area contributed by atoms with Crippen LogP contribution in [-0.4, -0.2) is 51.1 Å². The third kappa shape index (κ3) is 3.46. The van der Waals surface area contributed by atoms with Crippen molar-refractivity contribution in [1.82, 2.24) is 5.32 Å². The number of nitrogens with one attached hydrogen (secondary N) is 1. The number of carbonyl (C=O) groups excluding carboxylic acids is 1. The van der Waals surface area contributed by atoms with Gasteiger partial charge in [0.05, 0.1) is 26.4 Å². The Labute approximate surface area is 115 Å². The number of carbonyl (C=O) groups is 1. The summed E-state index contributed by atoms with van der Waals surface area (Å²) >= 11 is 0. The van der Waals surface area contributed by atoms with Crippen molar-refractivity contribution in [2.24, 2.45) is 5.92 Å². The standard InChI is InChI=1S/C14H25NO4/c1-3-15-14(13(16)17-2)6-4-12(8-14)19-10-11-5-7-18-9-11/h11-12,15H,3-10H2,1-2H3. The van der Waals surface area contributed by atoms with Crippen LogP contribution in [0, 0.1) is 5.92 Å². The van der Waals surface area contributed by atoms with Gasteiger partial charge in [0, 0.05) is 18.9 Å². The maximum atomic E-state index is 12.0. The van der Waals surface area contributed by atoms with Crippen molar-refractivity contribution in [1.29, 1.82) is 0 Å². The molecule has 1 saturated heterocycles. The van der Waals surface area contributed by atoms with Crippen molar-refractivity contribution in [3.63, 3.8) is 0 Å². The lowest BCUT2D eigenvalue weighted by Crippen LogP contribution is -2.51. The molecule has 110 valence electrons. The summed E-state index contributed by atoms with van der Waals surface area (Å²) in [5.74, 6) is 0.358. The number of hydrogen-bond acceptors (Lipinski definition) is 5. The molecular formula is C14H25NO4. The van der Waals surface area contributed by atoms with E-state index in [2.05, 4.69) is 5.32 Å². The molecule has 0 aromatic rings. The molecule has 3 atom stereocenters. The summed E-state index contributed by atoms with van der Waals surface area (Å²) in [7, 11) is 1.45. The lowest BCUT2D eigenvalue weighted by atomic mass is 9.97. The van der Waals surface area contributed by atoms with Gasteiger partial charge in [-0.1, -0.05) is 6.92 Å². The fourth-order valence-electron chi connectivity index (χ4n) is 3.08. The van der Waals surface area contributed by atoms with Crippen LogP contribution >= 0.6 is 0 Å². The summed E-state index contributed by atoms with van der Waals surface area (Å²) in [6, 6.07) is 0. The summed E-state index contributed by atoms with van der Waals surface area (Å²) in [6.45, 7) is 5.17. The maximum Gasteiger partial charge on any atom is 0.326 e. The predicted molar refractivity (Wildman–Crippen MR) is 70.9 cm³/mol. The Balaban J connectivity index is 1.83. The van der Waals surface area contributed by atoms with Crippen LogP contribution < -0.4 is 5.32 Å². The van der Waals surface area contributed by atoms with Gasteiger partial charge >= 0.3 is 5.97 Å². The van der Waals surface area contributed by atoms with Gasteiger partial charge in [-0.3, -0.25) is 4.79 Å². The summed E-state index contributed by atoms with van der Waals surface area (Å²) in [6.07, 6.45) is 3.65. The Hall–Kier alpha value is -0.650. The molecule has 0 bridgehead atoms. The smallest absolute Gasteiger partial charge is 0.326 e. The van der Waals surface area contributed by atoms with E-state index in [1.54, 1.807) is 0 Å². The first-order chi connectivity index (χ1) is 9.20. The fourth-order valence-corrected chi connectivity index (χ4v) is 3.08. The SMILES string of the molecule is CCNC1(C(=O)OC)CCC(OCC2CCOC2)C1. The van der Waals surface area contributed by atoms with E-state index in [0.717, 1.165) is 45.6 Å². The predicted octanol–water partition coefficient (Wildman–Crippen LogP) is 1.11. The molecule has 1 N–H and O–H groups in total. The zero-order valence-electron chi connectivity index (χ0n) is 11.9. The van der Waals surface area contributed by atoms with Gasteiger partial charge in [-0.15, -0.1) is 0 Å². The van der Waals surface area contributed by atoms with Crippen molar-refractivity contribution in [2.45, 2.75) is 44.2 Å². The normalized spacial score (nSPS) is 34.6. The first-order valence-corrected chi connectivity index (χ1v) is 7.23. The molecule has 0 amide bonds. The molecule has 1 aliphatic carbocycles. The second kappa shape index (κ2) is 6.68. The number of esters is 1. The minimum absolute atomic E-state index is 0.152. The van der Waals surface area contributed by atoms with E-state index in [1.807, 2.05) is 6.92 Å². The third-order valence-electron chi connectivity index (χ3n) is 4.15. The average Bonchev–Trinajstić information content (AvgIpc) is 3.06. The molecule has 3 unspecified atom stereocenters. The molecule has 2 aliphatic rings. The van der Waals surface area contributed by atoms with E-state index >= 15 is 0 Å². The van der Waals surface area contributed by atoms with Crippen molar-refractivity contribution in [3.8, 4) is 0 Å². The van der Waals surface area contributed by atoms with Crippen LogP contribution in [0.3, 0.4) is 0 Å². The van der Waals surface area contributed by atoms with E-state index in [0.29, 0.717) is 12.3 Å². The zero-order chi connectivity index (χ0) is 13.7. The topological polar surface area (TPSA) is 56.8 Å². The molecule has 0 radical (unpaired) electrons.